The Morgan fingerprint density at radius 2 is 1.15 bits per heavy atom. The van der Waals surface area contributed by atoms with Crippen molar-refractivity contribution in [2.75, 3.05) is 13.2 Å². The second-order valence-electron chi connectivity index (χ2n) is 3.89. The number of benzene rings is 1. The topological polar surface area (TPSA) is 69.7 Å². The predicted octanol–water partition coefficient (Wildman–Crippen LogP) is 2.64. The van der Waals surface area contributed by atoms with E-state index in [0.717, 1.165) is 0 Å². The number of carbonyl (C=O) groups excluding carboxylic acids is 3. The van der Waals surface area contributed by atoms with Crippen molar-refractivity contribution in [3.63, 3.8) is 0 Å². The molecular weight excluding hydrogens is 260 g/mol. The van der Waals surface area contributed by atoms with E-state index in [1.807, 2.05) is 0 Å². The van der Waals surface area contributed by atoms with E-state index < -0.39 is 11.9 Å². The van der Waals surface area contributed by atoms with Gasteiger partial charge in [0.25, 0.3) is 0 Å². The van der Waals surface area contributed by atoms with Gasteiger partial charge in [-0.05, 0) is 39.8 Å². The van der Waals surface area contributed by atoms with Crippen molar-refractivity contribution < 1.29 is 23.9 Å². The number of ether oxygens (including phenoxy) is 2. The highest BCUT2D eigenvalue weighted by Crippen LogP contribution is 2.11. The summed E-state index contributed by atoms with van der Waals surface area (Å²) in [5, 5.41) is 0. The van der Waals surface area contributed by atoms with Gasteiger partial charge in [0.05, 0.1) is 24.3 Å². The highest BCUT2D eigenvalue weighted by atomic mass is 16.5. The lowest BCUT2D eigenvalue weighted by Crippen LogP contribution is -2.13. The van der Waals surface area contributed by atoms with Crippen LogP contribution in [0.4, 0.5) is 0 Å². The maximum Gasteiger partial charge on any atom is 0.338 e. The molecule has 0 fully saturated rings. The Morgan fingerprint density at radius 1 is 0.850 bits per heavy atom. The minimum absolute atomic E-state index is 0.167. The SMILES string of the molecule is CC(C)=O.CCOC(=O)c1ccccc1C(=O)OCC. The number of hydrogen-bond donors (Lipinski definition) is 0. The lowest BCUT2D eigenvalue weighted by atomic mass is 10.1. The number of esters is 2. The third-order valence-corrected chi connectivity index (χ3v) is 1.92. The molecule has 110 valence electrons. The summed E-state index contributed by atoms with van der Waals surface area (Å²) in [7, 11) is 0. The Balaban J connectivity index is 0.000000796. The van der Waals surface area contributed by atoms with Crippen LogP contribution in [0.5, 0.6) is 0 Å². The molecule has 0 bridgehead atoms. The summed E-state index contributed by atoms with van der Waals surface area (Å²) in [5.41, 5.74) is 0.477. The van der Waals surface area contributed by atoms with E-state index in [4.69, 9.17) is 9.47 Å². The van der Waals surface area contributed by atoms with Crippen LogP contribution in [0.25, 0.3) is 0 Å². The molecule has 0 amide bonds. The van der Waals surface area contributed by atoms with Gasteiger partial charge >= 0.3 is 11.9 Å². The maximum absolute atomic E-state index is 11.5. The third-order valence-electron chi connectivity index (χ3n) is 1.92. The molecule has 0 spiro atoms. The normalized spacial score (nSPS) is 9.00. The molecule has 0 aromatic heterocycles. The van der Waals surface area contributed by atoms with Gasteiger partial charge in [0.2, 0.25) is 0 Å². The summed E-state index contributed by atoms with van der Waals surface area (Å²) >= 11 is 0. The second kappa shape index (κ2) is 9.72. The number of rotatable bonds is 4. The summed E-state index contributed by atoms with van der Waals surface area (Å²) in [5.74, 6) is -0.850. The summed E-state index contributed by atoms with van der Waals surface area (Å²) in [6.45, 7) is 7.03. The number of carbonyl (C=O) groups is 3. The first-order valence-electron chi connectivity index (χ1n) is 6.34. The smallest absolute Gasteiger partial charge is 0.338 e. The van der Waals surface area contributed by atoms with E-state index in [1.54, 1.807) is 38.1 Å². The molecule has 1 aromatic rings. The lowest BCUT2D eigenvalue weighted by Gasteiger charge is -2.07. The summed E-state index contributed by atoms with van der Waals surface area (Å²) < 4.78 is 9.70. The monoisotopic (exact) mass is 280 g/mol. The Morgan fingerprint density at radius 3 is 1.40 bits per heavy atom. The fourth-order valence-electron chi connectivity index (χ4n) is 1.26. The van der Waals surface area contributed by atoms with Crippen molar-refractivity contribution in [1.29, 1.82) is 0 Å². The van der Waals surface area contributed by atoms with Crippen LogP contribution in [0.2, 0.25) is 0 Å². The van der Waals surface area contributed by atoms with Gasteiger partial charge in [-0.3, -0.25) is 0 Å². The molecule has 0 saturated carbocycles. The van der Waals surface area contributed by atoms with Gasteiger partial charge in [-0.25, -0.2) is 9.59 Å². The first-order chi connectivity index (χ1) is 9.43. The molecule has 0 aliphatic carbocycles. The predicted molar refractivity (Wildman–Crippen MR) is 74.7 cm³/mol. The third kappa shape index (κ3) is 6.68. The first kappa shape index (κ1) is 17.8. The van der Waals surface area contributed by atoms with E-state index >= 15 is 0 Å². The molecule has 0 heterocycles. The van der Waals surface area contributed by atoms with E-state index in [0.29, 0.717) is 0 Å². The molecule has 0 unspecified atom stereocenters. The molecule has 0 aliphatic heterocycles. The minimum Gasteiger partial charge on any atom is -0.462 e. The number of hydrogen-bond acceptors (Lipinski definition) is 5. The van der Waals surface area contributed by atoms with Crippen LogP contribution in [0.15, 0.2) is 24.3 Å². The molecule has 20 heavy (non-hydrogen) atoms. The van der Waals surface area contributed by atoms with Crippen LogP contribution in [0, 0.1) is 0 Å². The van der Waals surface area contributed by atoms with Gasteiger partial charge < -0.3 is 14.3 Å². The van der Waals surface area contributed by atoms with Crippen molar-refractivity contribution in [2.24, 2.45) is 0 Å². The van der Waals surface area contributed by atoms with Crippen LogP contribution >= 0.6 is 0 Å². The zero-order chi connectivity index (χ0) is 15.5. The van der Waals surface area contributed by atoms with Gasteiger partial charge in [0.15, 0.2) is 0 Å². The highest BCUT2D eigenvalue weighted by molar-refractivity contribution is 6.03. The minimum atomic E-state index is -0.508. The zero-order valence-electron chi connectivity index (χ0n) is 12.3. The highest BCUT2D eigenvalue weighted by Gasteiger charge is 2.17. The lowest BCUT2D eigenvalue weighted by molar-refractivity contribution is -0.115. The number of Topliss-reactive ketones (excluding diaryl/α,β-unsaturated/α-hetero) is 1. The van der Waals surface area contributed by atoms with Crippen LogP contribution in [0.3, 0.4) is 0 Å². The molecule has 0 N–H and O–H groups in total. The Labute approximate surface area is 118 Å². The van der Waals surface area contributed by atoms with Crippen molar-refractivity contribution in [2.45, 2.75) is 27.7 Å². The molecule has 0 saturated heterocycles. The summed E-state index contributed by atoms with van der Waals surface area (Å²) in [6, 6.07) is 6.44. The van der Waals surface area contributed by atoms with E-state index in [2.05, 4.69) is 0 Å². The summed E-state index contributed by atoms with van der Waals surface area (Å²) in [4.78, 5) is 32.5. The average molecular weight is 280 g/mol. The zero-order valence-corrected chi connectivity index (χ0v) is 12.3. The first-order valence-corrected chi connectivity index (χ1v) is 6.34. The largest absolute Gasteiger partial charge is 0.462 e. The molecular formula is C15H20O5. The van der Waals surface area contributed by atoms with E-state index in [-0.39, 0.29) is 30.1 Å². The standard InChI is InChI=1S/C12H14O4.C3H6O/c1-3-15-11(13)9-7-5-6-8-10(9)12(14)16-4-2;1-3(2)4/h5-8H,3-4H2,1-2H3;1-2H3. The number of ketones is 1. The summed E-state index contributed by atoms with van der Waals surface area (Å²) in [6.07, 6.45) is 0. The van der Waals surface area contributed by atoms with Crippen LogP contribution in [0.1, 0.15) is 48.4 Å². The molecule has 1 aromatic carbocycles. The van der Waals surface area contributed by atoms with Crippen LogP contribution in [-0.2, 0) is 14.3 Å². The van der Waals surface area contributed by atoms with Gasteiger partial charge in [-0.2, -0.15) is 0 Å². The van der Waals surface area contributed by atoms with Gasteiger partial charge in [0, 0.05) is 0 Å². The fraction of sp³-hybridized carbons (Fsp3) is 0.400. The van der Waals surface area contributed by atoms with Crippen molar-refractivity contribution in [1.82, 2.24) is 0 Å². The van der Waals surface area contributed by atoms with Crippen molar-refractivity contribution in [3.8, 4) is 0 Å². The average Bonchev–Trinajstić information content (AvgIpc) is 2.38. The molecule has 0 atom stereocenters. The van der Waals surface area contributed by atoms with Crippen molar-refractivity contribution in [3.05, 3.63) is 35.4 Å². The molecule has 0 aliphatic rings. The maximum atomic E-state index is 11.5. The van der Waals surface area contributed by atoms with E-state index in [9.17, 15) is 14.4 Å². The van der Waals surface area contributed by atoms with Gasteiger partial charge in [0.1, 0.15) is 5.78 Å². The fourth-order valence-corrected chi connectivity index (χ4v) is 1.26. The molecule has 5 nitrogen and oxygen atoms in total. The van der Waals surface area contributed by atoms with Crippen molar-refractivity contribution >= 4 is 17.7 Å². The Kier molecular flexibility index (Phi) is 8.67. The molecule has 1 rings (SSSR count). The van der Waals surface area contributed by atoms with Gasteiger partial charge in [-0.1, -0.05) is 12.1 Å². The van der Waals surface area contributed by atoms with E-state index in [1.165, 1.54) is 13.8 Å². The Bertz CT molecular complexity index is 424. The van der Waals surface area contributed by atoms with Crippen LogP contribution < -0.4 is 0 Å². The quantitative estimate of drug-likeness (QED) is 0.793. The van der Waals surface area contributed by atoms with Gasteiger partial charge in [-0.15, -0.1) is 0 Å². The Hall–Kier alpha value is -2.17. The second-order valence-corrected chi connectivity index (χ2v) is 3.89. The molecule has 0 radical (unpaired) electrons. The van der Waals surface area contributed by atoms with Crippen LogP contribution in [-0.4, -0.2) is 30.9 Å². The molecule has 5 heteroatoms.